The van der Waals surface area contributed by atoms with Crippen LogP contribution in [-0.4, -0.2) is 66.6 Å². The number of amides is 1. The van der Waals surface area contributed by atoms with E-state index in [2.05, 4.69) is 22.4 Å². The number of benzene rings is 1. The van der Waals surface area contributed by atoms with Gasteiger partial charge in [-0.15, -0.1) is 11.3 Å². The molecule has 1 fully saturated rings. The van der Waals surface area contributed by atoms with E-state index >= 15 is 0 Å². The summed E-state index contributed by atoms with van der Waals surface area (Å²) in [5.41, 5.74) is 8.07. The highest BCUT2D eigenvalue weighted by Gasteiger charge is 2.25. The number of methoxy groups -OCH3 is 1. The Morgan fingerprint density at radius 3 is 2.68 bits per heavy atom. The first-order chi connectivity index (χ1) is 12.2. The van der Waals surface area contributed by atoms with Crippen LogP contribution in [0.3, 0.4) is 0 Å². The standard InChI is InChI=1S/C18H24N4O2S/c1-24-12-16(19)18(23)22-9-7-21(8-10-22)11-15-13-25-17(20-15)14-5-3-2-4-6-14/h2-6,13,16H,7-12,19H2,1H3. The minimum absolute atomic E-state index is 0.0264. The Balaban J connectivity index is 1.51. The third kappa shape index (κ3) is 4.64. The minimum atomic E-state index is -0.566. The van der Waals surface area contributed by atoms with E-state index in [0.29, 0.717) is 13.1 Å². The molecule has 25 heavy (non-hydrogen) atoms. The number of aromatic nitrogens is 1. The molecule has 1 aromatic heterocycles. The number of carbonyl (C=O) groups excluding carboxylic acids is 1. The predicted molar refractivity (Wildman–Crippen MR) is 99.3 cm³/mol. The van der Waals surface area contributed by atoms with Gasteiger partial charge in [0.25, 0.3) is 0 Å². The third-order valence-electron chi connectivity index (χ3n) is 4.31. The summed E-state index contributed by atoms with van der Waals surface area (Å²) in [6.45, 7) is 4.15. The average molecular weight is 360 g/mol. The largest absolute Gasteiger partial charge is 0.383 e. The van der Waals surface area contributed by atoms with Crippen LogP contribution in [0.2, 0.25) is 0 Å². The molecule has 1 aliphatic heterocycles. The molecular weight excluding hydrogens is 336 g/mol. The maximum atomic E-state index is 12.2. The second kappa shape index (κ2) is 8.53. The highest BCUT2D eigenvalue weighted by molar-refractivity contribution is 7.13. The van der Waals surface area contributed by atoms with Gasteiger partial charge in [-0.25, -0.2) is 4.98 Å². The van der Waals surface area contributed by atoms with Crippen molar-refractivity contribution in [1.82, 2.24) is 14.8 Å². The van der Waals surface area contributed by atoms with E-state index in [1.807, 2.05) is 23.1 Å². The lowest BCUT2D eigenvalue weighted by molar-refractivity contribution is -0.135. The zero-order valence-electron chi connectivity index (χ0n) is 14.4. The van der Waals surface area contributed by atoms with Gasteiger partial charge in [-0.05, 0) is 0 Å². The highest BCUT2D eigenvalue weighted by Crippen LogP contribution is 2.24. The Bertz CT molecular complexity index is 683. The van der Waals surface area contributed by atoms with Gasteiger partial charge in [0.05, 0.1) is 12.3 Å². The van der Waals surface area contributed by atoms with Crippen molar-refractivity contribution >= 4 is 17.2 Å². The average Bonchev–Trinajstić information content (AvgIpc) is 3.11. The molecule has 7 heteroatoms. The van der Waals surface area contributed by atoms with Crippen LogP contribution in [0.5, 0.6) is 0 Å². The summed E-state index contributed by atoms with van der Waals surface area (Å²) in [5, 5.41) is 3.17. The number of hydrogen-bond donors (Lipinski definition) is 1. The van der Waals surface area contributed by atoms with Crippen LogP contribution in [-0.2, 0) is 16.1 Å². The predicted octanol–water partition coefficient (Wildman–Crippen LogP) is 1.43. The van der Waals surface area contributed by atoms with Gasteiger partial charge in [0, 0.05) is 50.8 Å². The molecule has 2 N–H and O–H groups in total. The minimum Gasteiger partial charge on any atom is -0.383 e. The second-order valence-electron chi connectivity index (χ2n) is 6.17. The fourth-order valence-electron chi connectivity index (χ4n) is 2.93. The maximum absolute atomic E-state index is 12.2. The molecule has 1 atom stereocenters. The van der Waals surface area contributed by atoms with Crippen LogP contribution in [0.25, 0.3) is 10.6 Å². The Hall–Kier alpha value is -1.80. The quantitative estimate of drug-likeness (QED) is 0.844. The van der Waals surface area contributed by atoms with Gasteiger partial charge < -0.3 is 15.4 Å². The number of nitrogens with zero attached hydrogens (tertiary/aromatic N) is 3. The molecule has 1 saturated heterocycles. The van der Waals surface area contributed by atoms with E-state index in [1.54, 1.807) is 18.4 Å². The molecule has 1 aliphatic rings. The number of hydrogen-bond acceptors (Lipinski definition) is 6. The summed E-state index contributed by atoms with van der Waals surface area (Å²) in [6.07, 6.45) is 0. The van der Waals surface area contributed by atoms with Gasteiger partial charge in [-0.2, -0.15) is 0 Å². The van der Waals surface area contributed by atoms with E-state index in [1.165, 1.54) is 0 Å². The smallest absolute Gasteiger partial charge is 0.241 e. The summed E-state index contributed by atoms with van der Waals surface area (Å²) in [6, 6.07) is 9.66. The van der Waals surface area contributed by atoms with Crippen molar-refractivity contribution in [2.75, 3.05) is 39.9 Å². The molecule has 0 bridgehead atoms. The molecule has 1 aromatic carbocycles. The van der Waals surface area contributed by atoms with Crippen molar-refractivity contribution < 1.29 is 9.53 Å². The molecule has 0 radical (unpaired) electrons. The number of carbonyl (C=O) groups is 1. The molecule has 134 valence electrons. The monoisotopic (exact) mass is 360 g/mol. The Labute approximate surface area is 152 Å². The molecule has 2 heterocycles. The Morgan fingerprint density at radius 2 is 2.00 bits per heavy atom. The van der Waals surface area contributed by atoms with Gasteiger partial charge in [0.15, 0.2) is 0 Å². The molecule has 2 aromatic rings. The van der Waals surface area contributed by atoms with E-state index in [-0.39, 0.29) is 12.5 Å². The van der Waals surface area contributed by atoms with Gasteiger partial charge in [0.1, 0.15) is 11.0 Å². The first-order valence-electron chi connectivity index (χ1n) is 8.43. The summed E-state index contributed by atoms with van der Waals surface area (Å²) in [7, 11) is 1.56. The topological polar surface area (TPSA) is 71.7 Å². The fraction of sp³-hybridized carbons (Fsp3) is 0.444. The van der Waals surface area contributed by atoms with E-state index in [0.717, 1.165) is 35.9 Å². The number of piperazine rings is 1. The SMILES string of the molecule is COCC(N)C(=O)N1CCN(Cc2csc(-c3ccccc3)n2)CC1. The van der Waals surface area contributed by atoms with Crippen LogP contribution >= 0.6 is 11.3 Å². The van der Waals surface area contributed by atoms with Crippen LogP contribution in [0, 0.1) is 0 Å². The van der Waals surface area contributed by atoms with Crippen LogP contribution < -0.4 is 5.73 Å². The number of rotatable bonds is 6. The first kappa shape index (κ1) is 18.0. The molecule has 6 nitrogen and oxygen atoms in total. The third-order valence-corrected chi connectivity index (χ3v) is 5.25. The van der Waals surface area contributed by atoms with Gasteiger partial charge in [-0.3, -0.25) is 9.69 Å². The van der Waals surface area contributed by atoms with Gasteiger partial charge in [0.2, 0.25) is 5.91 Å². The van der Waals surface area contributed by atoms with Crippen LogP contribution in [0.1, 0.15) is 5.69 Å². The van der Waals surface area contributed by atoms with Crippen molar-refractivity contribution in [1.29, 1.82) is 0 Å². The van der Waals surface area contributed by atoms with Crippen molar-refractivity contribution in [2.45, 2.75) is 12.6 Å². The summed E-state index contributed by atoms with van der Waals surface area (Å²) < 4.78 is 4.96. The number of thiazole rings is 1. The fourth-order valence-corrected chi connectivity index (χ4v) is 3.75. The van der Waals surface area contributed by atoms with Gasteiger partial charge >= 0.3 is 0 Å². The molecule has 3 rings (SSSR count). The molecule has 0 saturated carbocycles. The summed E-state index contributed by atoms with van der Waals surface area (Å²) in [5.74, 6) is -0.0264. The number of nitrogens with two attached hydrogens (primary N) is 1. The zero-order chi connectivity index (χ0) is 17.6. The molecule has 1 unspecified atom stereocenters. The van der Waals surface area contributed by atoms with E-state index < -0.39 is 6.04 Å². The maximum Gasteiger partial charge on any atom is 0.241 e. The van der Waals surface area contributed by atoms with Crippen molar-refractivity contribution in [3.05, 3.63) is 41.4 Å². The second-order valence-corrected chi connectivity index (χ2v) is 7.03. The lowest BCUT2D eigenvalue weighted by Gasteiger charge is -2.35. The van der Waals surface area contributed by atoms with Crippen molar-refractivity contribution in [2.24, 2.45) is 5.73 Å². The van der Waals surface area contributed by atoms with Crippen LogP contribution in [0.15, 0.2) is 35.7 Å². The Morgan fingerprint density at radius 1 is 1.28 bits per heavy atom. The summed E-state index contributed by atoms with van der Waals surface area (Å²) in [4.78, 5) is 21.1. The Kier molecular flexibility index (Phi) is 6.14. The lowest BCUT2D eigenvalue weighted by Crippen LogP contribution is -2.53. The van der Waals surface area contributed by atoms with Gasteiger partial charge in [-0.1, -0.05) is 30.3 Å². The van der Waals surface area contributed by atoms with Crippen molar-refractivity contribution in [3.63, 3.8) is 0 Å². The zero-order valence-corrected chi connectivity index (χ0v) is 15.2. The number of ether oxygens (including phenoxy) is 1. The molecule has 0 spiro atoms. The lowest BCUT2D eigenvalue weighted by atomic mass is 10.2. The highest BCUT2D eigenvalue weighted by atomic mass is 32.1. The molecule has 1 amide bonds. The normalized spacial score (nSPS) is 16.8. The van der Waals surface area contributed by atoms with E-state index in [9.17, 15) is 4.79 Å². The molecular formula is C18H24N4O2S. The van der Waals surface area contributed by atoms with Crippen molar-refractivity contribution in [3.8, 4) is 10.6 Å². The summed E-state index contributed by atoms with van der Waals surface area (Å²) >= 11 is 1.67. The first-order valence-corrected chi connectivity index (χ1v) is 9.31. The van der Waals surface area contributed by atoms with E-state index in [4.69, 9.17) is 15.5 Å². The molecule has 0 aliphatic carbocycles. The van der Waals surface area contributed by atoms with Crippen LogP contribution in [0.4, 0.5) is 0 Å².